The van der Waals surface area contributed by atoms with Crippen molar-refractivity contribution < 1.29 is 9.18 Å². The van der Waals surface area contributed by atoms with Gasteiger partial charge in [0.2, 0.25) is 0 Å². The first kappa shape index (κ1) is 18.4. The molecule has 0 radical (unpaired) electrons. The first-order valence-corrected chi connectivity index (χ1v) is 9.17. The summed E-state index contributed by atoms with van der Waals surface area (Å²) < 4.78 is 14.5. The Labute approximate surface area is 154 Å². The molecule has 1 fully saturated rings. The third-order valence-electron chi connectivity index (χ3n) is 4.76. The molecule has 1 saturated heterocycles. The topological polar surface area (TPSA) is 49.0 Å². The van der Waals surface area contributed by atoms with Crippen LogP contribution in [-0.2, 0) is 5.41 Å². The van der Waals surface area contributed by atoms with E-state index in [1.807, 2.05) is 0 Å². The van der Waals surface area contributed by atoms with Gasteiger partial charge in [0.15, 0.2) is 5.78 Å². The third kappa shape index (κ3) is 4.03. The van der Waals surface area contributed by atoms with Crippen molar-refractivity contribution >= 4 is 17.5 Å². The van der Waals surface area contributed by atoms with Gasteiger partial charge < -0.3 is 4.90 Å². The molecule has 1 aromatic heterocycles. The van der Waals surface area contributed by atoms with Crippen molar-refractivity contribution in [1.82, 2.24) is 10.2 Å². The summed E-state index contributed by atoms with van der Waals surface area (Å²) in [6.07, 6.45) is 8.29. The van der Waals surface area contributed by atoms with Crippen LogP contribution in [0.1, 0.15) is 61.6 Å². The van der Waals surface area contributed by atoms with Gasteiger partial charge in [-0.1, -0.05) is 20.8 Å². The number of H-pyrrole nitrogens is 1. The number of carbonyl (C=O) groups excluding carboxylic acids is 1. The molecule has 0 unspecified atom stereocenters. The Kier molecular flexibility index (Phi) is 5.25. The van der Waals surface area contributed by atoms with Crippen LogP contribution in [0.3, 0.4) is 0 Å². The Morgan fingerprint density at radius 1 is 1.23 bits per heavy atom. The van der Waals surface area contributed by atoms with Crippen LogP contribution >= 0.6 is 0 Å². The van der Waals surface area contributed by atoms with E-state index >= 15 is 0 Å². The molecule has 5 heteroatoms. The third-order valence-corrected chi connectivity index (χ3v) is 4.76. The van der Waals surface area contributed by atoms with Crippen LogP contribution in [0.4, 0.5) is 10.1 Å². The molecule has 0 aliphatic carbocycles. The number of hydrogen-bond donors (Lipinski definition) is 1. The Morgan fingerprint density at radius 2 is 1.96 bits per heavy atom. The molecule has 2 heterocycles. The van der Waals surface area contributed by atoms with E-state index in [9.17, 15) is 9.18 Å². The highest BCUT2D eigenvalue weighted by molar-refractivity contribution is 6.07. The molecular weight excluding hydrogens is 329 g/mol. The normalized spacial score (nSPS) is 15.6. The largest absolute Gasteiger partial charge is 0.369 e. The number of piperidine rings is 1. The molecular formula is C21H26FN3O. The number of allylic oxidation sites excluding steroid dienone is 1. The van der Waals surface area contributed by atoms with Crippen molar-refractivity contribution in [2.24, 2.45) is 0 Å². The number of halogens is 1. The van der Waals surface area contributed by atoms with Gasteiger partial charge in [-0.25, -0.2) is 4.39 Å². The van der Waals surface area contributed by atoms with Gasteiger partial charge in [0, 0.05) is 35.3 Å². The van der Waals surface area contributed by atoms with Gasteiger partial charge in [-0.15, -0.1) is 0 Å². The minimum absolute atomic E-state index is 0.0958. The summed E-state index contributed by atoms with van der Waals surface area (Å²) in [6.45, 7) is 7.98. The van der Waals surface area contributed by atoms with Gasteiger partial charge in [-0.3, -0.25) is 9.89 Å². The first-order chi connectivity index (χ1) is 12.4. The minimum Gasteiger partial charge on any atom is -0.369 e. The monoisotopic (exact) mass is 355 g/mol. The molecule has 1 aliphatic rings. The van der Waals surface area contributed by atoms with E-state index in [1.165, 1.54) is 18.6 Å². The molecule has 2 aromatic rings. The highest BCUT2D eigenvalue weighted by atomic mass is 19.1. The van der Waals surface area contributed by atoms with Crippen LogP contribution < -0.4 is 4.90 Å². The molecule has 3 rings (SSSR count). The summed E-state index contributed by atoms with van der Waals surface area (Å²) in [5, 5.41) is 7.05. The number of aromatic nitrogens is 2. The zero-order valence-electron chi connectivity index (χ0n) is 15.7. The van der Waals surface area contributed by atoms with Crippen molar-refractivity contribution in [1.29, 1.82) is 0 Å². The fraction of sp³-hybridized carbons (Fsp3) is 0.429. The zero-order chi connectivity index (χ0) is 18.7. The second-order valence-corrected chi connectivity index (χ2v) is 7.86. The predicted octanol–water partition coefficient (Wildman–Crippen LogP) is 4.73. The van der Waals surface area contributed by atoms with Crippen LogP contribution in [0.25, 0.3) is 6.08 Å². The smallest absolute Gasteiger partial charge is 0.185 e. The predicted molar refractivity (Wildman–Crippen MR) is 103 cm³/mol. The molecule has 1 aromatic carbocycles. The number of carbonyl (C=O) groups is 1. The average Bonchev–Trinajstić information content (AvgIpc) is 3.09. The fourth-order valence-electron chi connectivity index (χ4n) is 3.34. The maximum atomic E-state index is 14.5. The van der Waals surface area contributed by atoms with Crippen LogP contribution in [0.15, 0.2) is 30.5 Å². The number of rotatable bonds is 4. The summed E-state index contributed by atoms with van der Waals surface area (Å²) in [4.78, 5) is 14.5. The molecule has 0 spiro atoms. The van der Waals surface area contributed by atoms with Gasteiger partial charge >= 0.3 is 0 Å². The molecule has 0 amide bonds. The van der Waals surface area contributed by atoms with Gasteiger partial charge in [0.25, 0.3) is 0 Å². The van der Waals surface area contributed by atoms with Crippen LogP contribution in [0.5, 0.6) is 0 Å². The fourth-order valence-corrected chi connectivity index (χ4v) is 3.34. The van der Waals surface area contributed by atoms with Gasteiger partial charge in [-0.05, 0) is 49.6 Å². The second kappa shape index (κ2) is 7.44. The average molecular weight is 355 g/mol. The SMILES string of the molecule is CC(C)(C)c1[nH]ncc1C=CC(=O)c1ccc(N2CCCCC2)c(F)c1. The minimum atomic E-state index is -0.329. The summed E-state index contributed by atoms with van der Waals surface area (Å²) >= 11 is 0. The number of ketones is 1. The Balaban J connectivity index is 1.76. The van der Waals surface area contributed by atoms with E-state index in [1.54, 1.807) is 24.4 Å². The number of anilines is 1. The molecule has 0 saturated carbocycles. The second-order valence-electron chi connectivity index (χ2n) is 7.86. The molecule has 1 aliphatic heterocycles. The number of hydrogen-bond acceptors (Lipinski definition) is 3. The van der Waals surface area contributed by atoms with Crippen molar-refractivity contribution in [3.05, 3.63) is 53.1 Å². The quantitative estimate of drug-likeness (QED) is 0.637. The van der Waals surface area contributed by atoms with Gasteiger partial charge in [0.05, 0.1) is 11.9 Å². The Morgan fingerprint density at radius 3 is 2.62 bits per heavy atom. The van der Waals surface area contributed by atoms with E-state index in [2.05, 4.69) is 35.9 Å². The molecule has 26 heavy (non-hydrogen) atoms. The lowest BCUT2D eigenvalue weighted by Crippen LogP contribution is -2.30. The summed E-state index contributed by atoms with van der Waals surface area (Å²) in [6, 6.07) is 4.77. The van der Waals surface area contributed by atoms with Crippen molar-refractivity contribution in [3.8, 4) is 0 Å². The maximum Gasteiger partial charge on any atom is 0.185 e. The van der Waals surface area contributed by atoms with E-state index in [4.69, 9.17) is 0 Å². The molecule has 138 valence electrons. The lowest BCUT2D eigenvalue weighted by molar-refractivity contribution is 0.104. The number of nitrogens with zero attached hydrogens (tertiary/aromatic N) is 2. The molecule has 0 bridgehead atoms. The van der Waals surface area contributed by atoms with Crippen LogP contribution in [0.2, 0.25) is 0 Å². The van der Waals surface area contributed by atoms with Crippen molar-refractivity contribution in [2.45, 2.75) is 45.4 Å². The first-order valence-electron chi connectivity index (χ1n) is 9.17. The highest BCUT2D eigenvalue weighted by Crippen LogP contribution is 2.26. The van der Waals surface area contributed by atoms with Gasteiger partial charge in [-0.2, -0.15) is 5.10 Å². The lowest BCUT2D eigenvalue weighted by Gasteiger charge is -2.29. The summed E-state index contributed by atoms with van der Waals surface area (Å²) in [5.41, 5.74) is 2.70. The molecule has 1 N–H and O–H groups in total. The maximum absolute atomic E-state index is 14.5. The van der Waals surface area contributed by atoms with E-state index < -0.39 is 0 Å². The number of aromatic amines is 1. The lowest BCUT2D eigenvalue weighted by atomic mass is 9.89. The number of nitrogens with one attached hydrogen (secondary N) is 1. The number of benzene rings is 1. The standard InChI is InChI=1S/C21H26FN3O/c1-21(2,3)20-16(14-23-24-20)8-10-19(26)15-7-9-18(17(22)13-15)25-11-5-4-6-12-25/h7-10,13-14H,4-6,11-12H2,1-3H3,(H,23,24). The van der Waals surface area contributed by atoms with Crippen LogP contribution in [0, 0.1) is 5.82 Å². The van der Waals surface area contributed by atoms with Crippen molar-refractivity contribution in [2.75, 3.05) is 18.0 Å². The Bertz CT molecular complexity index is 811. The van der Waals surface area contributed by atoms with E-state index in [0.29, 0.717) is 11.3 Å². The Hall–Kier alpha value is -2.43. The zero-order valence-corrected chi connectivity index (χ0v) is 15.7. The summed E-state index contributed by atoms with van der Waals surface area (Å²) in [7, 11) is 0. The van der Waals surface area contributed by atoms with Crippen LogP contribution in [-0.4, -0.2) is 29.1 Å². The molecule has 0 atom stereocenters. The highest BCUT2D eigenvalue weighted by Gasteiger charge is 2.19. The van der Waals surface area contributed by atoms with Gasteiger partial charge in [0.1, 0.15) is 5.82 Å². The van der Waals surface area contributed by atoms with E-state index in [-0.39, 0.29) is 17.0 Å². The summed E-state index contributed by atoms with van der Waals surface area (Å²) in [5.74, 6) is -0.542. The van der Waals surface area contributed by atoms with E-state index in [0.717, 1.165) is 37.2 Å². The molecule has 4 nitrogen and oxygen atoms in total. The van der Waals surface area contributed by atoms with Crippen molar-refractivity contribution in [3.63, 3.8) is 0 Å².